The molecule has 2 rings (SSSR count). The van der Waals surface area contributed by atoms with Crippen LogP contribution < -0.4 is 5.32 Å². The molecule has 5 nitrogen and oxygen atoms in total. The number of nitrogens with zero attached hydrogens (tertiary/aromatic N) is 3. The summed E-state index contributed by atoms with van der Waals surface area (Å²) in [5.74, 6) is -0.110. The zero-order chi connectivity index (χ0) is 15.6. The van der Waals surface area contributed by atoms with Crippen molar-refractivity contribution in [2.24, 2.45) is 7.05 Å². The molecule has 112 valence electrons. The summed E-state index contributed by atoms with van der Waals surface area (Å²) in [5, 5.41) is 7.96. The van der Waals surface area contributed by atoms with Gasteiger partial charge in [-0.3, -0.25) is 9.48 Å². The highest BCUT2D eigenvalue weighted by Crippen LogP contribution is 2.22. The van der Waals surface area contributed by atoms with Crippen LogP contribution in [0, 0.1) is 6.92 Å². The molecular formula is C15H19ClN4O. The zero-order valence-corrected chi connectivity index (χ0v) is 13.4. The van der Waals surface area contributed by atoms with Gasteiger partial charge in [0.25, 0.3) is 5.91 Å². The Hall–Kier alpha value is -2.01. The zero-order valence-electron chi connectivity index (χ0n) is 12.6. The van der Waals surface area contributed by atoms with E-state index in [1.165, 1.54) is 4.90 Å². The van der Waals surface area contributed by atoms with Gasteiger partial charge in [-0.25, -0.2) is 0 Å². The second-order valence-corrected chi connectivity index (χ2v) is 5.53. The molecule has 21 heavy (non-hydrogen) atoms. The molecule has 0 aliphatic rings. The molecule has 1 heterocycles. The third-order valence-electron chi connectivity index (χ3n) is 3.42. The number of hydrogen-bond acceptors (Lipinski definition) is 3. The molecule has 0 fully saturated rings. The molecule has 1 aromatic heterocycles. The van der Waals surface area contributed by atoms with E-state index in [9.17, 15) is 4.79 Å². The van der Waals surface area contributed by atoms with Crippen molar-refractivity contribution in [3.8, 4) is 0 Å². The smallest absolute Gasteiger partial charge is 0.254 e. The molecule has 0 aliphatic heterocycles. The average molecular weight is 307 g/mol. The van der Waals surface area contributed by atoms with Gasteiger partial charge in [0.05, 0.1) is 16.8 Å². The topological polar surface area (TPSA) is 50.2 Å². The van der Waals surface area contributed by atoms with Crippen molar-refractivity contribution < 1.29 is 4.79 Å². The standard InChI is InChI=1S/C15H19ClN4O/c1-10-11(9-18-20(10)4)8-17-12-5-6-14(16)13(7-12)15(21)19(2)3/h5-7,9,17H,8H2,1-4H3. The minimum Gasteiger partial charge on any atom is -0.381 e. The number of carbonyl (C=O) groups excluding carboxylic acids is 1. The molecule has 0 unspecified atom stereocenters. The number of anilines is 1. The second-order valence-electron chi connectivity index (χ2n) is 5.13. The lowest BCUT2D eigenvalue weighted by Gasteiger charge is -2.13. The summed E-state index contributed by atoms with van der Waals surface area (Å²) in [6.45, 7) is 2.67. The lowest BCUT2D eigenvalue weighted by molar-refractivity contribution is 0.0828. The molecule has 0 bridgehead atoms. The Kier molecular flexibility index (Phi) is 4.53. The first kappa shape index (κ1) is 15.4. The van der Waals surface area contributed by atoms with Gasteiger partial charge in [-0.15, -0.1) is 0 Å². The molecule has 6 heteroatoms. The summed E-state index contributed by atoms with van der Waals surface area (Å²) >= 11 is 6.09. The molecule has 0 saturated heterocycles. The Labute approximate surface area is 129 Å². The Balaban J connectivity index is 2.16. The number of aryl methyl sites for hydroxylation is 1. The van der Waals surface area contributed by atoms with E-state index in [1.807, 2.05) is 30.9 Å². The van der Waals surface area contributed by atoms with Crippen LogP contribution in [0.2, 0.25) is 5.02 Å². The Morgan fingerprint density at radius 2 is 2.14 bits per heavy atom. The van der Waals surface area contributed by atoms with E-state index in [1.54, 1.807) is 26.2 Å². The van der Waals surface area contributed by atoms with Crippen LogP contribution in [-0.4, -0.2) is 34.7 Å². The maximum atomic E-state index is 12.0. The van der Waals surface area contributed by atoms with E-state index >= 15 is 0 Å². The lowest BCUT2D eigenvalue weighted by Crippen LogP contribution is -2.22. The largest absolute Gasteiger partial charge is 0.381 e. The highest BCUT2D eigenvalue weighted by Gasteiger charge is 2.13. The van der Waals surface area contributed by atoms with Crippen molar-refractivity contribution in [1.82, 2.24) is 14.7 Å². The van der Waals surface area contributed by atoms with E-state index < -0.39 is 0 Å². The van der Waals surface area contributed by atoms with Crippen molar-refractivity contribution in [3.63, 3.8) is 0 Å². The van der Waals surface area contributed by atoms with Crippen LogP contribution in [0.4, 0.5) is 5.69 Å². The molecule has 0 aliphatic carbocycles. The second kappa shape index (κ2) is 6.18. The molecule has 0 spiro atoms. The highest BCUT2D eigenvalue weighted by molar-refractivity contribution is 6.34. The average Bonchev–Trinajstić information content (AvgIpc) is 2.77. The summed E-state index contributed by atoms with van der Waals surface area (Å²) in [4.78, 5) is 13.6. The van der Waals surface area contributed by atoms with Gasteiger partial charge in [0.1, 0.15) is 0 Å². The monoisotopic (exact) mass is 306 g/mol. The Morgan fingerprint density at radius 1 is 1.43 bits per heavy atom. The van der Waals surface area contributed by atoms with E-state index in [0.29, 0.717) is 17.1 Å². The third kappa shape index (κ3) is 3.36. The summed E-state index contributed by atoms with van der Waals surface area (Å²) in [7, 11) is 5.32. The number of nitrogens with one attached hydrogen (secondary N) is 1. The van der Waals surface area contributed by atoms with Gasteiger partial charge in [0.2, 0.25) is 0 Å². The molecule has 0 atom stereocenters. The minimum atomic E-state index is -0.110. The third-order valence-corrected chi connectivity index (χ3v) is 3.75. The molecular weight excluding hydrogens is 288 g/mol. The van der Waals surface area contributed by atoms with Crippen molar-refractivity contribution >= 4 is 23.2 Å². The van der Waals surface area contributed by atoms with E-state index in [-0.39, 0.29) is 5.91 Å². The lowest BCUT2D eigenvalue weighted by atomic mass is 10.1. The number of halogens is 1. The predicted molar refractivity (Wildman–Crippen MR) is 84.7 cm³/mol. The summed E-state index contributed by atoms with van der Waals surface area (Å²) in [6.07, 6.45) is 1.84. The van der Waals surface area contributed by atoms with E-state index in [0.717, 1.165) is 16.9 Å². The number of hydrogen-bond donors (Lipinski definition) is 1. The van der Waals surface area contributed by atoms with Crippen LogP contribution >= 0.6 is 11.6 Å². The van der Waals surface area contributed by atoms with Crippen LogP contribution in [0.15, 0.2) is 24.4 Å². The number of rotatable bonds is 4. The molecule has 1 amide bonds. The van der Waals surface area contributed by atoms with Gasteiger partial charge in [-0.1, -0.05) is 11.6 Å². The quantitative estimate of drug-likeness (QED) is 0.945. The normalized spacial score (nSPS) is 10.5. The SMILES string of the molecule is Cc1c(CNc2ccc(Cl)c(C(=O)N(C)C)c2)cnn1C. The molecule has 0 radical (unpaired) electrons. The summed E-state index contributed by atoms with van der Waals surface area (Å²) in [6, 6.07) is 5.37. The van der Waals surface area contributed by atoms with E-state index in [4.69, 9.17) is 11.6 Å². The first-order valence-electron chi connectivity index (χ1n) is 6.62. The van der Waals surface area contributed by atoms with Crippen LogP contribution in [0.5, 0.6) is 0 Å². The summed E-state index contributed by atoms with van der Waals surface area (Å²) < 4.78 is 1.83. The maximum Gasteiger partial charge on any atom is 0.254 e. The van der Waals surface area contributed by atoms with Crippen LogP contribution in [0.3, 0.4) is 0 Å². The fourth-order valence-electron chi connectivity index (χ4n) is 1.96. The number of carbonyl (C=O) groups is 1. The van der Waals surface area contributed by atoms with Crippen LogP contribution in [0.1, 0.15) is 21.6 Å². The maximum absolute atomic E-state index is 12.0. The van der Waals surface area contributed by atoms with Gasteiger partial charge in [-0.2, -0.15) is 5.10 Å². The molecule has 0 saturated carbocycles. The predicted octanol–water partition coefficient (Wildman–Crippen LogP) is 2.70. The highest BCUT2D eigenvalue weighted by atomic mass is 35.5. The Morgan fingerprint density at radius 3 is 2.71 bits per heavy atom. The summed E-state index contributed by atoms with van der Waals surface area (Å²) in [5.41, 5.74) is 3.58. The van der Waals surface area contributed by atoms with Crippen molar-refractivity contribution in [3.05, 3.63) is 46.2 Å². The first-order valence-corrected chi connectivity index (χ1v) is 7.00. The van der Waals surface area contributed by atoms with Gasteiger partial charge in [-0.05, 0) is 25.1 Å². The van der Waals surface area contributed by atoms with Gasteiger partial charge in [0.15, 0.2) is 0 Å². The van der Waals surface area contributed by atoms with Crippen molar-refractivity contribution in [2.75, 3.05) is 19.4 Å². The number of amides is 1. The fourth-order valence-corrected chi connectivity index (χ4v) is 2.15. The van der Waals surface area contributed by atoms with Crippen LogP contribution in [0.25, 0.3) is 0 Å². The van der Waals surface area contributed by atoms with Crippen LogP contribution in [-0.2, 0) is 13.6 Å². The van der Waals surface area contributed by atoms with Crippen molar-refractivity contribution in [2.45, 2.75) is 13.5 Å². The molecule has 1 N–H and O–H groups in total. The Bertz CT molecular complexity index is 664. The van der Waals surface area contributed by atoms with Gasteiger partial charge in [0, 0.05) is 44.6 Å². The first-order chi connectivity index (χ1) is 9.90. The fraction of sp³-hybridized carbons (Fsp3) is 0.333. The minimum absolute atomic E-state index is 0.110. The number of benzene rings is 1. The van der Waals surface area contributed by atoms with Gasteiger partial charge >= 0.3 is 0 Å². The molecule has 1 aromatic carbocycles. The van der Waals surface area contributed by atoms with E-state index in [2.05, 4.69) is 10.4 Å². The van der Waals surface area contributed by atoms with Crippen molar-refractivity contribution in [1.29, 1.82) is 0 Å². The van der Waals surface area contributed by atoms with Gasteiger partial charge < -0.3 is 10.2 Å². The molecule has 2 aromatic rings. The number of aromatic nitrogens is 2.